The maximum absolute atomic E-state index is 5.72. The van der Waals surface area contributed by atoms with E-state index in [9.17, 15) is 0 Å². The molecule has 0 saturated heterocycles. The maximum Gasteiger partial charge on any atom is 0.120 e. The van der Waals surface area contributed by atoms with Gasteiger partial charge in [-0.2, -0.15) is 0 Å². The van der Waals surface area contributed by atoms with Gasteiger partial charge in [0.05, 0.1) is 6.10 Å². The quantitative estimate of drug-likeness (QED) is 0.757. The molecule has 1 aromatic rings. The summed E-state index contributed by atoms with van der Waals surface area (Å²) in [5.74, 6) is 0.866. The molecule has 15 heavy (non-hydrogen) atoms. The highest BCUT2D eigenvalue weighted by Crippen LogP contribution is 2.20. The summed E-state index contributed by atoms with van der Waals surface area (Å²) in [7, 11) is 1.69. The van der Waals surface area contributed by atoms with Gasteiger partial charge in [-0.3, -0.25) is 0 Å². The van der Waals surface area contributed by atoms with Crippen molar-refractivity contribution in [3.8, 4) is 5.75 Å². The Kier molecular flexibility index (Phi) is 4.43. The summed E-state index contributed by atoms with van der Waals surface area (Å²) < 4.78 is 10.7. The second-order valence-electron chi connectivity index (χ2n) is 3.73. The number of hydrogen-bond acceptors (Lipinski definition) is 3. The Balaban J connectivity index is 2.53. The second kappa shape index (κ2) is 5.61. The summed E-state index contributed by atoms with van der Waals surface area (Å²) in [4.78, 5) is 0. The summed E-state index contributed by atoms with van der Waals surface area (Å²) in [5, 5.41) is 0. The van der Waals surface area contributed by atoms with E-state index < -0.39 is 0 Å². The number of benzene rings is 1. The van der Waals surface area contributed by atoms with Crippen molar-refractivity contribution in [2.75, 3.05) is 19.5 Å². The fraction of sp³-hybridized carbons (Fsp3) is 0.500. The Hall–Kier alpha value is -1.22. The number of nitrogen functional groups attached to an aromatic ring is 1. The Bertz CT molecular complexity index is 312. The van der Waals surface area contributed by atoms with Gasteiger partial charge in [0.2, 0.25) is 0 Å². The molecule has 2 N–H and O–H groups in total. The van der Waals surface area contributed by atoms with Gasteiger partial charge in [0.25, 0.3) is 0 Å². The fourth-order valence-electron chi connectivity index (χ4n) is 1.30. The van der Waals surface area contributed by atoms with E-state index in [4.69, 9.17) is 15.2 Å². The zero-order chi connectivity index (χ0) is 11.3. The largest absolute Gasteiger partial charge is 0.491 e. The molecule has 3 nitrogen and oxygen atoms in total. The highest BCUT2D eigenvalue weighted by atomic mass is 16.5. The lowest BCUT2D eigenvalue weighted by Crippen LogP contribution is -2.14. The van der Waals surface area contributed by atoms with Gasteiger partial charge >= 0.3 is 0 Å². The van der Waals surface area contributed by atoms with Gasteiger partial charge in [0, 0.05) is 25.8 Å². The van der Waals surface area contributed by atoms with Crippen molar-refractivity contribution >= 4 is 5.69 Å². The molecule has 0 fully saturated rings. The second-order valence-corrected chi connectivity index (χ2v) is 3.73. The number of rotatable bonds is 5. The Morgan fingerprint density at radius 3 is 2.73 bits per heavy atom. The molecule has 1 rings (SSSR count). The fourth-order valence-corrected chi connectivity index (χ4v) is 1.30. The van der Waals surface area contributed by atoms with E-state index in [2.05, 4.69) is 0 Å². The summed E-state index contributed by atoms with van der Waals surface area (Å²) in [6.07, 6.45) is 1.05. The first kappa shape index (κ1) is 11.9. The molecule has 0 amide bonds. The molecule has 0 aliphatic heterocycles. The van der Waals surface area contributed by atoms with Crippen LogP contribution in [0.4, 0.5) is 5.69 Å². The molecule has 1 aromatic carbocycles. The van der Waals surface area contributed by atoms with E-state index in [0.717, 1.165) is 30.0 Å². The van der Waals surface area contributed by atoms with Crippen LogP contribution in [-0.4, -0.2) is 19.8 Å². The van der Waals surface area contributed by atoms with Crippen LogP contribution < -0.4 is 10.5 Å². The summed E-state index contributed by atoms with van der Waals surface area (Å²) in [5.41, 5.74) is 7.57. The lowest BCUT2D eigenvalue weighted by atomic mass is 10.2. The van der Waals surface area contributed by atoms with Crippen LogP contribution in [0, 0.1) is 6.92 Å². The maximum atomic E-state index is 5.72. The van der Waals surface area contributed by atoms with Crippen LogP contribution in [0.3, 0.4) is 0 Å². The van der Waals surface area contributed by atoms with E-state index in [1.165, 1.54) is 0 Å². The molecular weight excluding hydrogens is 190 g/mol. The van der Waals surface area contributed by atoms with Gasteiger partial charge in [-0.05, 0) is 37.6 Å². The first-order valence-electron chi connectivity index (χ1n) is 5.15. The molecule has 0 saturated carbocycles. The van der Waals surface area contributed by atoms with Crippen molar-refractivity contribution in [1.82, 2.24) is 0 Å². The molecule has 3 heteroatoms. The standard InChI is InChI=1S/C12H19NO2/c1-9-8-11(4-5-12(9)13)15-10(2)6-7-14-3/h4-5,8,10H,6-7,13H2,1-3H3. The van der Waals surface area contributed by atoms with Crippen molar-refractivity contribution in [2.24, 2.45) is 0 Å². The van der Waals surface area contributed by atoms with Crippen molar-refractivity contribution in [1.29, 1.82) is 0 Å². The minimum absolute atomic E-state index is 0.160. The van der Waals surface area contributed by atoms with E-state index in [1.807, 2.05) is 32.0 Å². The highest BCUT2D eigenvalue weighted by molar-refractivity contribution is 5.49. The van der Waals surface area contributed by atoms with Crippen LogP contribution >= 0.6 is 0 Å². The van der Waals surface area contributed by atoms with Crippen LogP contribution in [0.15, 0.2) is 18.2 Å². The van der Waals surface area contributed by atoms with Crippen molar-refractivity contribution in [3.05, 3.63) is 23.8 Å². The van der Waals surface area contributed by atoms with Gasteiger partial charge < -0.3 is 15.2 Å². The lowest BCUT2D eigenvalue weighted by Gasteiger charge is -2.15. The van der Waals surface area contributed by atoms with Crippen molar-refractivity contribution in [2.45, 2.75) is 26.4 Å². The van der Waals surface area contributed by atoms with Crippen molar-refractivity contribution in [3.63, 3.8) is 0 Å². The molecule has 1 atom stereocenters. The van der Waals surface area contributed by atoms with Crippen LogP contribution in [0.2, 0.25) is 0 Å². The Morgan fingerprint density at radius 1 is 1.40 bits per heavy atom. The first-order chi connectivity index (χ1) is 7.13. The van der Waals surface area contributed by atoms with Gasteiger partial charge in [-0.25, -0.2) is 0 Å². The van der Waals surface area contributed by atoms with Crippen LogP contribution in [0.1, 0.15) is 18.9 Å². The lowest BCUT2D eigenvalue weighted by molar-refractivity contribution is 0.135. The molecule has 0 aromatic heterocycles. The minimum atomic E-state index is 0.160. The minimum Gasteiger partial charge on any atom is -0.491 e. The van der Waals surface area contributed by atoms with E-state index in [0.29, 0.717) is 0 Å². The summed E-state index contributed by atoms with van der Waals surface area (Å²) in [6, 6.07) is 5.72. The molecule has 0 heterocycles. The molecule has 0 bridgehead atoms. The molecule has 0 aliphatic carbocycles. The molecule has 0 spiro atoms. The first-order valence-corrected chi connectivity index (χ1v) is 5.15. The average molecular weight is 209 g/mol. The third-order valence-electron chi connectivity index (χ3n) is 2.31. The number of hydrogen-bond donors (Lipinski definition) is 1. The summed E-state index contributed by atoms with van der Waals surface area (Å²) in [6.45, 7) is 4.72. The number of anilines is 1. The average Bonchev–Trinajstić information content (AvgIpc) is 2.20. The Labute approximate surface area is 91.2 Å². The van der Waals surface area contributed by atoms with Crippen LogP contribution in [0.5, 0.6) is 5.75 Å². The molecule has 1 unspecified atom stereocenters. The smallest absolute Gasteiger partial charge is 0.120 e. The van der Waals surface area contributed by atoms with Crippen LogP contribution in [-0.2, 0) is 4.74 Å². The van der Waals surface area contributed by atoms with Gasteiger partial charge in [-0.1, -0.05) is 0 Å². The van der Waals surface area contributed by atoms with Crippen molar-refractivity contribution < 1.29 is 9.47 Å². The van der Waals surface area contributed by atoms with Crippen LogP contribution in [0.25, 0.3) is 0 Å². The van der Waals surface area contributed by atoms with E-state index in [-0.39, 0.29) is 6.10 Å². The molecule has 0 radical (unpaired) electrons. The predicted octanol–water partition coefficient (Wildman–Crippen LogP) is 2.38. The highest BCUT2D eigenvalue weighted by Gasteiger charge is 2.04. The normalized spacial score (nSPS) is 12.5. The van der Waals surface area contributed by atoms with Gasteiger partial charge in [0.15, 0.2) is 0 Å². The topological polar surface area (TPSA) is 44.5 Å². The number of nitrogens with two attached hydrogens (primary N) is 1. The molecule has 0 aliphatic rings. The number of methoxy groups -OCH3 is 1. The van der Waals surface area contributed by atoms with E-state index in [1.54, 1.807) is 7.11 Å². The molecule has 84 valence electrons. The zero-order valence-corrected chi connectivity index (χ0v) is 9.62. The monoisotopic (exact) mass is 209 g/mol. The number of ether oxygens (including phenoxy) is 2. The van der Waals surface area contributed by atoms with E-state index >= 15 is 0 Å². The SMILES string of the molecule is COCCC(C)Oc1ccc(N)c(C)c1. The third-order valence-corrected chi connectivity index (χ3v) is 2.31. The zero-order valence-electron chi connectivity index (χ0n) is 9.62. The summed E-state index contributed by atoms with van der Waals surface area (Å²) >= 11 is 0. The Morgan fingerprint density at radius 2 is 2.13 bits per heavy atom. The van der Waals surface area contributed by atoms with Gasteiger partial charge in [-0.15, -0.1) is 0 Å². The number of aryl methyl sites for hydroxylation is 1. The predicted molar refractivity (Wildman–Crippen MR) is 62.2 cm³/mol. The van der Waals surface area contributed by atoms with Gasteiger partial charge in [0.1, 0.15) is 5.75 Å². The third kappa shape index (κ3) is 3.80. The molecular formula is C12H19NO2.